The molecule has 1 rings (SSSR count). The number of alkyl halides is 6. The largest absolute Gasteiger partial charge is 0.418 e. The summed E-state index contributed by atoms with van der Waals surface area (Å²) >= 11 is 0. The number of hydrogen-bond acceptors (Lipinski definition) is 2. The van der Waals surface area contributed by atoms with Crippen molar-refractivity contribution in [3.63, 3.8) is 0 Å². The molecule has 0 aliphatic carbocycles. The zero-order valence-corrected chi connectivity index (χ0v) is 12.5. The molecule has 0 saturated heterocycles. The molecule has 9 heteroatoms. The van der Waals surface area contributed by atoms with Crippen LogP contribution in [0.4, 0.5) is 26.3 Å². The number of nitrogens with zero attached hydrogens (tertiary/aromatic N) is 3. The van der Waals surface area contributed by atoms with E-state index in [9.17, 15) is 26.3 Å². The molecule has 0 N–H and O–H groups in total. The van der Waals surface area contributed by atoms with Crippen molar-refractivity contribution in [2.75, 3.05) is 0 Å². The minimum atomic E-state index is -5.40. The van der Waals surface area contributed by atoms with Gasteiger partial charge in [-0.1, -0.05) is 4.85 Å². The van der Waals surface area contributed by atoms with Crippen molar-refractivity contribution >= 4 is 0 Å². The molecule has 0 fully saturated rings. The molecule has 0 atom stereocenters. The van der Waals surface area contributed by atoms with E-state index in [1.165, 1.54) is 26.0 Å². The second-order valence-corrected chi connectivity index (χ2v) is 4.98. The Morgan fingerprint density at radius 3 is 1.92 bits per heavy atom. The summed E-state index contributed by atoms with van der Waals surface area (Å²) in [6, 6.07) is 4.82. The van der Waals surface area contributed by atoms with E-state index >= 15 is 0 Å². The molecular weight excluding hydrogens is 336 g/mol. The van der Waals surface area contributed by atoms with Crippen molar-refractivity contribution in [3.05, 3.63) is 38.7 Å². The highest BCUT2D eigenvalue weighted by Crippen LogP contribution is 2.45. The lowest BCUT2D eigenvalue weighted by atomic mass is 9.90. The van der Waals surface area contributed by atoms with Crippen LogP contribution in [0.3, 0.4) is 0 Å². The Balaban J connectivity index is 4.06. The minimum Gasteiger partial charge on any atom is -0.198 e. The second kappa shape index (κ2) is 6.80. The Labute approximate surface area is 133 Å². The molecule has 1 aromatic rings. The molecule has 3 nitrogen and oxygen atoms in total. The molecule has 0 radical (unpaired) electrons. The van der Waals surface area contributed by atoms with E-state index in [-0.39, 0.29) is 0 Å². The first-order valence-electron chi connectivity index (χ1n) is 6.50. The Morgan fingerprint density at radius 1 is 1.00 bits per heavy atom. The first-order valence-corrected chi connectivity index (χ1v) is 6.50. The van der Waals surface area contributed by atoms with Crippen LogP contribution in [0.5, 0.6) is 0 Å². The highest BCUT2D eigenvalue weighted by atomic mass is 19.4. The Bertz CT molecular complexity index is 780. The van der Waals surface area contributed by atoms with Crippen molar-refractivity contribution in [1.82, 2.24) is 0 Å². The standard InChI is InChI=1S/C15H10F6N3/c1-8(2)24-7-10-5-9(6-23)11(3-4-22)13(15(19,20)21)12(10)14(16,17)18/h5,8H,3H2,1-2H3/q+1. The van der Waals surface area contributed by atoms with Gasteiger partial charge in [0.25, 0.3) is 6.04 Å². The minimum absolute atomic E-state index is 0.509. The van der Waals surface area contributed by atoms with Crippen LogP contribution in [0.15, 0.2) is 6.07 Å². The smallest absolute Gasteiger partial charge is 0.198 e. The van der Waals surface area contributed by atoms with Crippen LogP contribution >= 0.6 is 0 Å². The molecular formula is C15H10F6N3+. The van der Waals surface area contributed by atoms with Gasteiger partial charge in [0.05, 0.1) is 35.2 Å². The van der Waals surface area contributed by atoms with E-state index in [1.54, 1.807) is 0 Å². The summed E-state index contributed by atoms with van der Waals surface area (Å²) in [5.41, 5.74) is -6.70. The lowest BCUT2D eigenvalue weighted by molar-refractivity contribution is -0.162. The van der Waals surface area contributed by atoms with Crippen LogP contribution in [0.1, 0.15) is 41.7 Å². The highest BCUT2D eigenvalue weighted by Gasteiger charge is 2.48. The summed E-state index contributed by atoms with van der Waals surface area (Å²) in [5.74, 6) is 0. The average molecular weight is 346 g/mol. The van der Waals surface area contributed by atoms with Gasteiger partial charge in [0.1, 0.15) is 5.56 Å². The molecule has 0 aliphatic heterocycles. The second-order valence-electron chi connectivity index (χ2n) is 4.98. The molecule has 0 aromatic heterocycles. The third-order valence-corrected chi connectivity index (χ3v) is 2.82. The van der Waals surface area contributed by atoms with Crippen molar-refractivity contribution in [2.24, 2.45) is 0 Å². The summed E-state index contributed by atoms with van der Waals surface area (Å²) in [4.78, 5) is 3.55. The van der Waals surface area contributed by atoms with Gasteiger partial charge in [0.2, 0.25) is 0 Å². The normalized spacial score (nSPS) is 11.5. The third kappa shape index (κ3) is 4.17. The maximum atomic E-state index is 13.3. The first-order chi connectivity index (χ1) is 10.9. The van der Waals surface area contributed by atoms with E-state index in [0.717, 1.165) is 0 Å². The summed E-state index contributed by atoms with van der Waals surface area (Å²) in [5, 5.41) is 17.6. The number of halogens is 6. The predicted octanol–water partition coefficient (Wildman–Crippen LogP) is 4.75. The summed E-state index contributed by atoms with van der Waals surface area (Å²) < 4.78 is 79.7. The number of nitriles is 2. The summed E-state index contributed by atoms with van der Waals surface area (Å²) in [6.45, 7) is 3.00. The van der Waals surface area contributed by atoms with Gasteiger partial charge in [-0.15, -0.1) is 0 Å². The number of benzene rings is 1. The van der Waals surface area contributed by atoms with Crippen LogP contribution < -0.4 is 0 Å². The van der Waals surface area contributed by atoms with Gasteiger partial charge in [0.15, 0.2) is 0 Å². The Morgan fingerprint density at radius 2 is 1.54 bits per heavy atom. The van der Waals surface area contributed by atoms with Crippen molar-refractivity contribution in [3.8, 4) is 18.2 Å². The van der Waals surface area contributed by atoms with Crippen LogP contribution in [0.25, 0.3) is 4.85 Å². The zero-order valence-electron chi connectivity index (χ0n) is 12.5. The topological polar surface area (TPSA) is 51.9 Å². The molecule has 0 saturated carbocycles. The SMILES string of the molecule is CC(C)[N+]#Cc1cc(C#N)c(CC#N)c(C(F)(F)F)c1C(F)(F)F. The van der Waals surface area contributed by atoms with Gasteiger partial charge in [-0.2, -0.15) is 36.9 Å². The maximum absolute atomic E-state index is 13.3. The molecule has 0 aliphatic rings. The van der Waals surface area contributed by atoms with Crippen LogP contribution in [0.2, 0.25) is 0 Å². The third-order valence-electron chi connectivity index (χ3n) is 2.82. The van der Waals surface area contributed by atoms with Crippen LogP contribution in [0, 0.1) is 28.7 Å². The van der Waals surface area contributed by atoms with E-state index in [1.807, 2.05) is 6.07 Å². The fraction of sp³-hybridized carbons (Fsp3) is 0.400. The molecule has 0 bridgehead atoms. The summed E-state index contributed by atoms with van der Waals surface area (Å²) in [7, 11) is 0. The van der Waals surface area contributed by atoms with Gasteiger partial charge >= 0.3 is 18.4 Å². The van der Waals surface area contributed by atoms with Gasteiger partial charge in [0, 0.05) is 13.8 Å². The quantitative estimate of drug-likeness (QED) is 0.689. The van der Waals surface area contributed by atoms with Gasteiger partial charge < -0.3 is 0 Å². The molecule has 24 heavy (non-hydrogen) atoms. The highest BCUT2D eigenvalue weighted by molar-refractivity contribution is 5.58. The van der Waals surface area contributed by atoms with E-state index in [0.29, 0.717) is 6.07 Å². The van der Waals surface area contributed by atoms with Crippen LogP contribution in [-0.2, 0) is 18.8 Å². The zero-order chi connectivity index (χ0) is 18.7. The Hall–Kier alpha value is -2.73. The lowest BCUT2D eigenvalue weighted by Gasteiger charge is -2.19. The van der Waals surface area contributed by atoms with Crippen molar-refractivity contribution < 1.29 is 26.3 Å². The molecule has 0 unspecified atom stereocenters. The van der Waals surface area contributed by atoms with E-state index in [4.69, 9.17) is 10.5 Å². The Kier molecular flexibility index (Phi) is 5.47. The first kappa shape index (κ1) is 19.3. The number of hydrogen-bond donors (Lipinski definition) is 0. The fourth-order valence-electron chi connectivity index (χ4n) is 1.98. The van der Waals surface area contributed by atoms with Gasteiger partial charge in [-0.25, -0.2) is 0 Å². The maximum Gasteiger partial charge on any atom is 0.418 e. The van der Waals surface area contributed by atoms with Crippen molar-refractivity contribution in [1.29, 1.82) is 10.5 Å². The summed E-state index contributed by atoms with van der Waals surface area (Å²) in [6.07, 6.45) is -11.8. The average Bonchev–Trinajstić information content (AvgIpc) is 2.42. The van der Waals surface area contributed by atoms with Gasteiger partial charge in [-0.05, 0) is 11.6 Å². The van der Waals surface area contributed by atoms with E-state index < -0.39 is 52.6 Å². The lowest BCUT2D eigenvalue weighted by Crippen LogP contribution is -2.22. The molecule has 126 valence electrons. The molecule has 1 aromatic carbocycles. The molecule has 0 heterocycles. The number of rotatable bonds is 1. The predicted molar refractivity (Wildman–Crippen MR) is 72.0 cm³/mol. The van der Waals surface area contributed by atoms with Gasteiger partial charge in [-0.3, -0.25) is 0 Å². The van der Waals surface area contributed by atoms with Crippen LogP contribution in [-0.4, -0.2) is 6.04 Å². The van der Waals surface area contributed by atoms with Crippen molar-refractivity contribution in [2.45, 2.75) is 38.7 Å². The molecule has 0 amide bonds. The molecule has 0 spiro atoms. The monoisotopic (exact) mass is 346 g/mol. The van der Waals surface area contributed by atoms with E-state index in [2.05, 4.69) is 4.85 Å². The fourth-order valence-corrected chi connectivity index (χ4v) is 1.98.